The summed E-state index contributed by atoms with van der Waals surface area (Å²) in [5.41, 5.74) is 0. The van der Waals surface area contributed by atoms with Gasteiger partial charge in [0, 0.05) is 13.0 Å². The van der Waals surface area contributed by atoms with Crippen molar-refractivity contribution in [3.05, 3.63) is 0 Å². The van der Waals surface area contributed by atoms with Gasteiger partial charge in [0.25, 0.3) is 0 Å². The van der Waals surface area contributed by atoms with Crippen molar-refractivity contribution >= 4 is 11.8 Å². The topological polar surface area (TPSA) is 49.4 Å². The highest BCUT2D eigenvalue weighted by Crippen LogP contribution is 2.35. The first-order chi connectivity index (χ1) is 9.29. The summed E-state index contributed by atoms with van der Waals surface area (Å²) in [6.07, 6.45) is -2.91. The summed E-state index contributed by atoms with van der Waals surface area (Å²) < 4.78 is 36.2. The lowest BCUT2D eigenvalue weighted by molar-refractivity contribution is -0.149. The fraction of sp³-hybridized carbons (Fsp3) is 0.846. The number of nitrogens with zero attached hydrogens (tertiary/aromatic N) is 1. The number of unbranched alkanes of at least 4 members (excludes halogenated alkanes) is 1. The summed E-state index contributed by atoms with van der Waals surface area (Å²) in [6, 6.07) is -1.07. The minimum absolute atomic E-state index is 0.0181. The number of amides is 2. The van der Waals surface area contributed by atoms with Crippen LogP contribution in [0, 0.1) is 5.92 Å². The summed E-state index contributed by atoms with van der Waals surface area (Å²) in [5, 5.41) is 2.71. The fourth-order valence-corrected chi connectivity index (χ4v) is 2.51. The zero-order valence-electron chi connectivity index (χ0n) is 11.4. The molecular formula is C13H19F3N2O2. The lowest BCUT2D eigenvalue weighted by Crippen LogP contribution is -2.63. The molecular weight excluding hydrogens is 273 g/mol. The number of carbonyl (C=O) groups excluding carboxylic acids is 2. The molecule has 1 aliphatic heterocycles. The van der Waals surface area contributed by atoms with Crippen LogP contribution in [0.15, 0.2) is 0 Å². The summed E-state index contributed by atoms with van der Waals surface area (Å²) in [4.78, 5) is 25.5. The Morgan fingerprint density at radius 2 is 1.90 bits per heavy atom. The monoisotopic (exact) mass is 292 g/mol. The van der Waals surface area contributed by atoms with Crippen molar-refractivity contribution in [1.82, 2.24) is 10.2 Å². The van der Waals surface area contributed by atoms with Crippen LogP contribution in [0.3, 0.4) is 0 Å². The van der Waals surface area contributed by atoms with Gasteiger partial charge in [-0.1, -0.05) is 0 Å². The Morgan fingerprint density at radius 3 is 2.45 bits per heavy atom. The van der Waals surface area contributed by atoms with E-state index in [0.717, 1.165) is 12.8 Å². The zero-order chi connectivity index (χ0) is 14.9. The van der Waals surface area contributed by atoms with Gasteiger partial charge in [-0.25, -0.2) is 0 Å². The molecule has 0 aromatic heterocycles. The number of hydrogen-bond acceptors (Lipinski definition) is 2. The molecule has 1 aliphatic carbocycles. The van der Waals surface area contributed by atoms with Crippen molar-refractivity contribution in [3.63, 3.8) is 0 Å². The van der Waals surface area contributed by atoms with E-state index in [1.807, 2.05) is 0 Å². The lowest BCUT2D eigenvalue weighted by Gasteiger charge is -2.37. The van der Waals surface area contributed by atoms with E-state index in [1.165, 1.54) is 4.90 Å². The highest BCUT2D eigenvalue weighted by Gasteiger charge is 2.45. The summed E-state index contributed by atoms with van der Waals surface area (Å²) in [5.74, 6) is -0.152. The number of nitrogens with one attached hydrogen (secondary N) is 1. The highest BCUT2D eigenvalue weighted by atomic mass is 19.4. The van der Waals surface area contributed by atoms with Crippen LogP contribution in [0.1, 0.15) is 39.0 Å². The van der Waals surface area contributed by atoms with E-state index in [9.17, 15) is 22.8 Å². The largest absolute Gasteiger partial charge is 0.389 e. The van der Waals surface area contributed by atoms with Gasteiger partial charge in [-0.15, -0.1) is 0 Å². The number of halogens is 3. The van der Waals surface area contributed by atoms with Crippen LogP contribution in [0.2, 0.25) is 0 Å². The normalized spacial score (nSPS) is 27.7. The number of carbonyl (C=O) groups is 2. The molecule has 2 fully saturated rings. The molecule has 7 heteroatoms. The second kappa shape index (κ2) is 5.61. The Kier molecular flexibility index (Phi) is 4.25. The molecule has 1 N–H and O–H groups in total. The lowest BCUT2D eigenvalue weighted by atomic mass is 10.0. The molecule has 114 valence electrons. The maximum Gasteiger partial charge on any atom is 0.389 e. The predicted molar refractivity (Wildman–Crippen MR) is 65.7 cm³/mol. The molecule has 2 unspecified atom stereocenters. The van der Waals surface area contributed by atoms with Crippen LogP contribution in [0.25, 0.3) is 0 Å². The molecule has 0 bridgehead atoms. The van der Waals surface area contributed by atoms with Crippen LogP contribution >= 0.6 is 0 Å². The smallest absolute Gasteiger partial charge is 0.342 e. The average molecular weight is 292 g/mol. The number of rotatable bonds is 5. The van der Waals surface area contributed by atoms with Gasteiger partial charge in [-0.3, -0.25) is 9.59 Å². The van der Waals surface area contributed by atoms with E-state index in [4.69, 9.17) is 0 Å². The first kappa shape index (κ1) is 15.1. The maximum atomic E-state index is 12.2. The second-order valence-electron chi connectivity index (χ2n) is 5.60. The average Bonchev–Trinajstić information content (AvgIpc) is 3.15. The SMILES string of the molecule is CC1C(=O)NC(C2CC2)C(=O)N1CCCCC(F)(F)F. The van der Waals surface area contributed by atoms with Gasteiger partial charge in [0.15, 0.2) is 0 Å². The molecule has 0 aromatic carbocycles. The second-order valence-corrected chi connectivity index (χ2v) is 5.60. The minimum atomic E-state index is -4.16. The van der Waals surface area contributed by atoms with Gasteiger partial charge in [0.05, 0.1) is 0 Å². The van der Waals surface area contributed by atoms with Crippen LogP contribution in [0.4, 0.5) is 13.2 Å². The predicted octanol–water partition coefficient (Wildman–Crippen LogP) is 1.84. The fourth-order valence-electron chi connectivity index (χ4n) is 2.51. The molecule has 0 radical (unpaired) electrons. The third-order valence-corrected chi connectivity index (χ3v) is 3.90. The molecule has 2 atom stereocenters. The molecule has 20 heavy (non-hydrogen) atoms. The summed E-state index contributed by atoms with van der Waals surface area (Å²) >= 11 is 0. The van der Waals surface area contributed by atoms with E-state index in [1.54, 1.807) is 6.92 Å². The number of hydrogen-bond donors (Lipinski definition) is 1. The van der Waals surface area contributed by atoms with Gasteiger partial charge in [-0.2, -0.15) is 13.2 Å². The van der Waals surface area contributed by atoms with Crippen molar-refractivity contribution in [1.29, 1.82) is 0 Å². The van der Waals surface area contributed by atoms with Crippen LogP contribution < -0.4 is 5.32 Å². The Labute approximate surface area is 115 Å². The van der Waals surface area contributed by atoms with Gasteiger partial charge in [0.2, 0.25) is 11.8 Å². The summed E-state index contributed by atoms with van der Waals surface area (Å²) in [7, 11) is 0. The van der Waals surface area contributed by atoms with Crippen LogP contribution in [-0.2, 0) is 9.59 Å². The van der Waals surface area contributed by atoms with Gasteiger partial charge in [0.1, 0.15) is 12.1 Å². The molecule has 1 heterocycles. The van der Waals surface area contributed by atoms with Crippen LogP contribution in [-0.4, -0.2) is 41.5 Å². The van der Waals surface area contributed by atoms with Gasteiger partial charge >= 0.3 is 6.18 Å². The molecule has 0 spiro atoms. The summed E-state index contributed by atoms with van der Waals surface area (Å²) in [6.45, 7) is 1.83. The van der Waals surface area contributed by atoms with E-state index >= 15 is 0 Å². The van der Waals surface area contributed by atoms with E-state index in [-0.39, 0.29) is 37.1 Å². The third kappa shape index (κ3) is 3.64. The quantitative estimate of drug-likeness (QED) is 0.786. The minimum Gasteiger partial charge on any atom is -0.342 e. The molecule has 2 aliphatic rings. The van der Waals surface area contributed by atoms with E-state index in [2.05, 4.69) is 5.32 Å². The van der Waals surface area contributed by atoms with E-state index < -0.39 is 24.7 Å². The number of alkyl halides is 3. The van der Waals surface area contributed by atoms with Gasteiger partial charge in [-0.05, 0) is 38.5 Å². The van der Waals surface area contributed by atoms with E-state index in [0.29, 0.717) is 0 Å². The first-order valence-electron chi connectivity index (χ1n) is 6.97. The first-order valence-corrected chi connectivity index (χ1v) is 6.97. The molecule has 4 nitrogen and oxygen atoms in total. The van der Waals surface area contributed by atoms with Crippen molar-refractivity contribution in [3.8, 4) is 0 Å². The Hall–Kier alpha value is -1.27. The molecule has 2 rings (SSSR count). The third-order valence-electron chi connectivity index (χ3n) is 3.90. The van der Waals surface area contributed by atoms with Crippen LogP contribution in [0.5, 0.6) is 0 Å². The molecule has 1 saturated heterocycles. The number of piperazine rings is 1. The maximum absolute atomic E-state index is 12.2. The Balaban J connectivity index is 1.87. The van der Waals surface area contributed by atoms with Crippen molar-refractivity contribution in [2.75, 3.05) is 6.54 Å². The molecule has 0 aromatic rings. The van der Waals surface area contributed by atoms with Crippen molar-refractivity contribution in [2.45, 2.75) is 57.3 Å². The van der Waals surface area contributed by atoms with Crippen molar-refractivity contribution < 1.29 is 22.8 Å². The van der Waals surface area contributed by atoms with Gasteiger partial charge < -0.3 is 10.2 Å². The van der Waals surface area contributed by atoms with Crippen molar-refractivity contribution in [2.24, 2.45) is 5.92 Å². The zero-order valence-corrected chi connectivity index (χ0v) is 11.4. The molecule has 2 amide bonds. The molecule has 1 saturated carbocycles. The Bertz CT molecular complexity index is 394. The Morgan fingerprint density at radius 1 is 1.25 bits per heavy atom. The highest BCUT2D eigenvalue weighted by molar-refractivity contribution is 5.97. The standard InChI is InChI=1S/C13H19F3N2O2/c1-8-11(19)17-10(9-4-5-9)12(20)18(8)7-3-2-6-13(14,15)16/h8-10H,2-7H2,1H3,(H,17,19).